The third kappa shape index (κ3) is 4.89. The van der Waals surface area contributed by atoms with Gasteiger partial charge in [-0.3, -0.25) is 14.9 Å². The maximum atomic E-state index is 12.3. The van der Waals surface area contributed by atoms with Crippen molar-refractivity contribution in [1.29, 1.82) is 5.26 Å². The number of nitro benzene ring substituents is 1. The Kier molecular flexibility index (Phi) is 6.07. The van der Waals surface area contributed by atoms with Gasteiger partial charge < -0.3 is 9.73 Å². The molecule has 3 aromatic rings. The van der Waals surface area contributed by atoms with Gasteiger partial charge in [-0.15, -0.1) is 0 Å². The number of nitriles is 1. The van der Waals surface area contributed by atoms with Gasteiger partial charge in [-0.25, -0.2) is 0 Å². The topological polar surface area (TPSA) is 109 Å². The first-order valence-corrected chi connectivity index (χ1v) is 8.84. The van der Waals surface area contributed by atoms with Crippen molar-refractivity contribution >= 4 is 29.3 Å². The summed E-state index contributed by atoms with van der Waals surface area (Å²) < 4.78 is 5.62. The third-order valence-electron chi connectivity index (χ3n) is 4.02. The molecule has 7 nitrogen and oxygen atoms in total. The Balaban J connectivity index is 1.75. The van der Waals surface area contributed by atoms with Gasteiger partial charge in [-0.05, 0) is 23.8 Å². The number of furan rings is 1. The Morgan fingerprint density at radius 3 is 2.72 bits per heavy atom. The van der Waals surface area contributed by atoms with Crippen LogP contribution in [0.25, 0.3) is 17.4 Å². The number of non-ortho nitro benzene ring substituents is 1. The molecule has 144 valence electrons. The molecule has 0 spiro atoms. The lowest BCUT2D eigenvalue weighted by Gasteiger charge is -2.05. The first kappa shape index (κ1) is 19.9. The summed E-state index contributed by atoms with van der Waals surface area (Å²) in [6.45, 7) is 0.175. The second-order valence-electron chi connectivity index (χ2n) is 5.95. The number of carbonyl (C=O) groups is 1. The quantitative estimate of drug-likeness (QED) is 0.275. The molecule has 0 atom stereocenters. The number of hydrogen-bond acceptors (Lipinski definition) is 5. The van der Waals surface area contributed by atoms with E-state index in [1.54, 1.807) is 48.5 Å². The van der Waals surface area contributed by atoms with Crippen LogP contribution in [0.3, 0.4) is 0 Å². The van der Waals surface area contributed by atoms with Gasteiger partial charge in [0.15, 0.2) is 0 Å². The number of nitrogens with one attached hydrogen (secondary N) is 1. The fourth-order valence-corrected chi connectivity index (χ4v) is 2.76. The van der Waals surface area contributed by atoms with Crippen molar-refractivity contribution in [3.8, 4) is 17.4 Å². The molecule has 2 aromatic carbocycles. The van der Waals surface area contributed by atoms with E-state index >= 15 is 0 Å². The van der Waals surface area contributed by atoms with Gasteiger partial charge in [0.05, 0.1) is 4.92 Å². The van der Waals surface area contributed by atoms with Crippen LogP contribution >= 0.6 is 11.6 Å². The van der Waals surface area contributed by atoms with Crippen molar-refractivity contribution in [2.24, 2.45) is 0 Å². The molecule has 0 unspecified atom stereocenters. The minimum atomic E-state index is -0.569. The van der Waals surface area contributed by atoms with Crippen LogP contribution in [0.5, 0.6) is 0 Å². The third-order valence-corrected chi connectivity index (χ3v) is 4.39. The highest BCUT2D eigenvalue weighted by Gasteiger charge is 2.13. The van der Waals surface area contributed by atoms with E-state index in [2.05, 4.69) is 5.32 Å². The molecule has 0 aliphatic rings. The molecule has 0 saturated heterocycles. The monoisotopic (exact) mass is 407 g/mol. The molecule has 1 heterocycles. The number of carbonyl (C=O) groups excluding carboxylic acids is 1. The highest BCUT2D eigenvalue weighted by atomic mass is 35.5. The number of rotatable bonds is 6. The van der Waals surface area contributed by atoms with Crippen LogP contribution in [0.1, 0.15) is 11.3 Å². The lowest BCUT2D eigenvalue weighted by atomic mass is 10.1. The fraction of sp³-hybridized carbons (Fsp3) is 0.0476. The van der Waals surface area contributed by atoms with Crippen LogP contribution < -0.4 is 5.32 Å². The number of hydrogen-bond donors (Lipinski definition) is 1. The Hall–Kier alpha value is -3.89. The standard InChI is InChI=1S/C21H14ClN3O4/c22-19-7-2-1-4-15(19)13-24-21(26)16(12-23)11-18-8-9-20(29-18)14-5-3-6-17(10-14)25(27)28/h1-11H,13H2,(H,24,26). The summed E-state index contributed by atoms with van der Waals surface area (Å²) in [5.74, 6) is 0.0883. The van der Waals surface area contributed by atoms with Crippen molar-refractivity contribution in [3.63, 3.8) is 0 Å². The van der Waals surface area contributed by atoms with E-state index in [1.807, 2.05) is 6.07 Å². The second-order valence-corrected chi connectivity index (χ2v) is 6.36. The zero-order chi connectivity index (χ0) is 20.8. The largest absolute Gasteiger partial charge is 0.457 e. The van der Waals surface area contributed by atoms with Crippen molar-refractivity contribution in [1.82, 2.24) is 5.32 Å². The molecule has 0 aliphatic carbocycles. The Morgan fingerprint density at radius 1 is 1.21 bits per heavy atom. The molecule has 3 rings (SSSR count). The predicted octanol–water partition coefficient (Wildman–Crippen LogP) is 4.73. The summed E-state index contributed by atoms with van der Waals surface area (Å²) in [6.07, 6.45) is 1.31. The van der Waals surface area contributed by atoms with Crippen LogP contribution in [0.2, 0.25) is 5.02 Å². The van der Waals surface area contributed by atoms with Gasteiger partial charge in [0.25, 0.3) is 11.6 Å². The van der Waals surface area contributed by atoms with Crippen LogP contribution in [0, 0.1) is 21.4 Å². The molecule has 1 aromatic heterocycles. The molecular weight excluding hydrogens is 394 g/mol. The molecule has 0 fully saturated rings. The molecule has 29 heavy (non-hydrogen) atoms. The Labute approximate surface area is 171 Å². The highest BCUT2D eigenvalue weighted by molar-refractivity contribution is 6.31. The first-order valence-electron chi connectivity index (χ1n) is 8.46. The Bertz CT molecular complexity index is 1140. The summed E-state index contributed by atoms with van der Waals surface area (Å²) in [7, 11) is 0. The number of nitrogens with zero attached hydrogens (tertiary/aromatic N) is 2. The minimum Gasteiger partial charge on any atom is -0.457 e. The van der Waals surface area contributed by atoms with Crippen LogP contribution in [0.4, 0.5) is 5.69 Å². The summed E-state index contributed by atoms with van der Waals surface area (Å²) in [5, 5.41) is 23.4. The number of halogens is 1. The number of benzene rings is 2. The van der Waals surface area contributed by atoms with E-state index in [4.69, 9.17) is 16.0 Å². The maximum Gasteiger partial charge on any atom is 0.270 e. The average Bonchev–Trinajstić information content (AvgIpc) is 3.20. The molecule has 8 heteroatoms. The first-order chi connectivity index (χ1) is 14.0. The SMILES string of the molecule is N#CC(=Cc1ccc(-c2cccc([N+](=O)[O-])c2)o1)C(=O)NCc1ccccc1Cl. The van der Waals surface area contributed by atoms with E-state index in [1.165, 1.54) is 18.2 Å². The van der Waals surface area contributed by atoms with E-state index in [0.29, 0.717) is 16.3 Å². The van der Waals surface area contributed by atoms with Gasteiger partial charge in [-0.2, -0.15) is 5.26 Å². The van der Waals surface area contributed by atoms with Crippen LogP contribution in [-0.2, 0) is 11.3 Å². The average molecular weight is 408 g/mol. The van der Waals surface area contributed by atoms with Gasteiger partial charge in [0.2, 0.25) is 0 Å². The van der Waals surface area contributed by atoms with Crippen molar-refractivity contribution in [3.05, 3.63) is 92.7 Å². The smallest absolute Gasteiger partial charge is 0.270 e. The van der Waals surface area contributed by atoms with Gasteiger partial charge >= 0.3 is 0 Å². The number of nitro groups is 1. The minimum absolute atomic E-state index is 0.0624. The maximum absolute atomic E-state index is 12.3. The molecular formula is C21H14ClN3O4. The summed E-state index contributed by atoms with van der Waals surface area (Å²) in [5.41, 5.74) is 1.04. The zero-order valence-electron chi connectivity index (χ0n) is 15.0. The zero-order valence-corrected chi connectivity index (χ0v) is 15.7. The molecule has 0 radical (unpaired) electrons. The molecule has 0 aliphatic heterocycles. The molecule has 0 saturated carbocycles. The number of amides is 1. The summed E-state index contributed by atoms with van der Waals surface area (Å²) in [6, 6.07) is 18.1. The predicted molar refractivity (Wildman–Crippen MR) is 108 cm³/mol. The van der Waals surface area contributed by atoms with Crippen LogP contribution in [0.15, 0.2) is 70.7 Å². The summed E-state index contributed by atoms with van der Waals surface area (Å²) >= 11 is 6.05. The van der Waals surface area contributed by atoms with Crippen molar-refractivity contribution in [2.75, 3.05) is 0 Å². The lowest BCUT2D eigenvalue weighted by Crippen LogP contribution is -2.24. The second kappa shape index (κ2) is 8.87. The lowest BCUT2D eigenvalue weighted by molar-refractivity contribution is -0.384. The van der Waals surface area contributed by atoms with Crippen molar-refractivity contribution < 1.29 is 14.1 Å². The van der Waals surface area contributed by atoms with Gasteiger partial charge in [0, 0.05) is 35.3 Å². The van der Waals surface area contributed by atoms with Gasteiger partial charge in [0.1, 0.15) is 23.2 Å². The highest BCUT2D eigenvalue weighted by Crippen LogP contribution is 2.26. The fourth-order valence-electron chi connectivity index (χ4n) is 2.56. The molecule has 1 N–H and O–H groups in total. The molecule has 1 amide bonds. The van der Waals surface area contributed by atoms with Crippen molar-refractivity contribution in [2.45, 2.75) is 6.54 Å². The molecule has 0 bridgehead atoms. The summed E-state index contributed by atoms with van der Waals surface area (Å²) in [4.78, 5) is 22.7. The normalized spacial score (nSPS) is 11.0. The Morgan fingerprint density at radius 2 is 2.00 bits per heavy atom. The van der Waals surface area contributed by atoms with E-state index in [9.17, 15) is 20.2 Å². The van der Waals surface area contributed by atoms with E-state index in [-0.39, 0.29) is 23.6 Å². The van der Waals surface area contributed by atoms with E-state index < -0.39 is 10.8 Å². The van der Waals surface area contributed by atoms with Crippen LogP contribution in [-0.4, -0.2) is 10.8 Å². The van der Waals surface area contributed by atoms with Gasteiger partial charge in [-0.1, -0.05) is 41.9 Å². The van der Waals surface area contributed by atoms with E-state index in [0.717, 1.165) is 5.56 Å².